The summed E-state index contributed by atoms with van der Waals surface area (Å²) in [4.78, 5) is 22.8. The molecule has 63 heavy (non-hydrogen) atoms. The number of carbonyl (C=O) groups is 1. The van der Waals surface area contributed by atoms with Gasteiger partial charge in [-0.3, -0.25) is 13.8 Å². The number of unbranched alkanes of at least 4 members (excludes halogenated alkanes) is 32. The van der Waals surface area contributed by atoms with Crippen LogP contribution in [-0.2, 0) is 18.4 Å². The fraction of sp³-hybridized carbons (Fsp3) is 0.833. The van der Waals surface area contributed by atoms with Gasteiger partial charge < -0.3 is 21.1 Å². The second-order valence-corrected chi connectivity index (χ2v) is 19.5. The number of aliphatic hydroxyl groups is 1. The van der Waals surface area contributed by atoms with Crippen LogP contribution >= 0.6 is 7.82 Å². The van der Waals surface area contributed by atoms with Crippen molar-refractivity contribution in [1.29, 1.82) is 0 Å². The Labute approximate surface area is 390 Å². The maximum Gasteiger partial charge on any atom is 0.472 e. The molecule has 0 aliphatic carbocycles. The Balaban J connectivity index is 4.11. The zero-order valence-electron chi connectivity index (χ0n) is 41.3. The van der Waals surface area contributed by atoms with Gasteiger partial charge in [-0.25, -0.2) is 4.57 Å². The van der Waals surface area contributed by atoms with Crippen LogP contribution in [-0.4, -0.2) is 47.8 Å². The first-order valence-corrected chi connectivity index (χ1v) is 28.3. The second-order valence-electron chi connectivity index (χ2n) is 18.1. The topological polar surface area (TPSA) is 131 Å². The Morgan fingerprint density at radius 1 is 0.524 bits per heavy atom. The number of nitrogens with two attached hydrogens (primary N) is 1. The second kappa shape index (κ2) is 49.9. The highest BCUT2D eigenvalue weighted by atomic mass is 31.2. The van der Waals surface area contributed by atoms with E-state index in [4.69, 9.17) is 14.8 Å². The van der Waals surface area contributed by atoms with Crippen LogP contribution in [0.15, 0.2) is 48.6 Å². The van der Waals surface area contributed by atoms with E-state index in [9.17, 15) is 19.4 Å². The molecule has 0 aliphatic heterocycles. The zero-order chi connectivity index (χ0) is 46.0. The van der Waals surface area contributed by atoms with E-state index >= 15 is 0 Å². The van der Waals surface area contributed by atoms with Crippen molar-refractivity contribution >= 4 is 13.7 Å². The molecular weight excluding hydrogens is 804 g/mol. The van der Waals surface area contributed by atoms with Crippen molar-refractivity contribution in [1.82, 2.24) is 5.32 Å². The van der Waals surface area contributed by atoms with E-state index in [1.54, 1.807) is 6.08 Å². The quantitative estimate of drug-likeness (QED) is 0.0272. The summed E-state index contributed by atoms with van der Waals surface area (Å²) >= 11 is 0. The van der Waals surface area contributed by atoms with Crippen LogP contribution in [0.3, 0.4) is 0 Å². The van der Waals surface area contributed by atoms with Crippen LogP contribution in [0.5, 0.6) is 0 Å². The van der Waals surface area contributed by atoms with Crippen LogP contribution < -0.4 is 11.1 Å². The van der Waals surface area contributed by atoms with E-state index in [1.807, 2.05) is 6.08 Å². The number of aliphatic hydroxyl groups excluding tert-OH is 1. The van der Waals surface area contributed by atoms with Crippen molar-refractivity contribution < 1.29 is 28.4 Å². The van der Waals surface area contributed by atoms with Crippen LogP contribution in [0.1, 0.15) is 258 Å². The fourth-order valence-corrected chi connectivity index (χ4v) is 8.59. The zero-order valence-corrected chi connectivity index (χ0v) is 42.2. The van der Waals surface area contributed by atoms with Gasteiger partial charge in [0.2, 0.25) is 5.91 Å². The number of hydrogen-bond acceptors (Lipinski definition) is 6. The first-order chi connectivity index (χ1) is 30.9. The van der Waals surface area contributed by atoms with Gasteiger partial charge in [0, 0.05) is 13.0 Å². The Kier molecular flexibility index (Phi) is 48.7. The molecule has 370 valence electrons. The summed E-state index contributed by atoms with van der Waals surface area (Å²) < 4.78 is 22.2. The number of amides is 1. The maximum atomic E-state index is 12.8. The summed E-state index contributed by atoms with van der Waals surface area (Å²) in [6, 6.07) is -0.880. The van der Waals surface area contributed by atoms with Crippen LogP contribution in [0.25, 0.3) is 0 Å². The van der Waals surface area contributed by atoms with Crippen molar-refractivity contribution in [3.8, 4) is 0 Å². The average Bonchev–Trinajstić information content (AvgIpc) is 3.27. The molecule has 0 saturated carbocycles. The van der Waals surface area contributed by atoms with Gasteiger partial charge in [-0.1, -0.05) is 236 Å². The molecular formula is C54H103N2O6P. The highest BCUT2D eigenvalue weighted by Crippen LogP contribution is 2.43. The Hall–Kier alpha value is -1.54. The van der Waals surface area contributed by atoms with Gasteiger partial charge in [-0.05, 0) is 64.2 Å². The molecule has 0 saturated heterocycles. The van der Waals surface area contributed by atoms with Crippen molar-refractivity contribution in [3.63, 3.8) is 0 Å². The summed E-state index contributed by atoms with van der Waals surface area (Å²) in [6.07, 6.45) is 63.3. The van der Waals surface area contributed by atoms with Gasteiger partial charge in [0.25, 0.3) is 0 Å². The number of phosphoric ester groups is 1. The number of carbonyl (C=O) groups excluding carboxylic acids is 1. The highest BCUT2D eigenvalue weighted by Gasteiger charge is 2.26. The number of allylic oxidation sites excluding steroid dienone is 7. The largest absolute Gasteiger partial charge is 0.472 e. The molecule has 3 atom stereocenters. The summed E-state index contributed by atoms with van der Waals surface area (Å²) in [5, 5.41) is 13.7. The molecule has 0 aromatic rings. The van der Waals surface area contributed by atoms with Gasteiger partial charge in [0.05, 0.1) is 25.4 Å². The number of rotatable bonds is 50. The van der Waals surface area contributed by atoms with Gasteiger partial charge in [-0.15, -0.1) is 0 Å². The van der Waals surface area contributed by atoms with Gasteiger partial charge in [-0.2, -0.15) is 0 Å². The minimum atomic E-state index is -4.36. The molecule has 8 nitrogen and oxygen atoms in total. The fourth-order valence-electron chi connectivity index (χ4n) is 7.83. The highest BCUT2D eigenvalue weighted by molar-refractivity contribution is 7.47. The van der Waals surface area contributed by atoms with Gasteiger partial charge >= 0.3 is 7.82 Å². The predicted octanol–water partition coefficient (Wildman–Crippen LogP) is 16.0. The lowest BCUT2D eigenvalue weighted by atomic mass is 10.0. The molecule has 0 aromatic heterocycles. The molecule has 0 heterocycles. The van der Waals surface area contributed by atoms with E-state index in [0.717, 1.165) is 44.9 Å². The Morgan fingerprint density at radius 2 is 0.889 bits per heavy atom. The molecule has 0 radical (unpaired) electrons. The molecule has 0 fully saturated rings. The lowest BCUT2D eigenvalue weighted by Gasteiger charge is -2.23. The van der Waals surface area contributed by atoms with E-state index < -0.39 is 20.0 Å². The van der Waals surface area contributed by atoms with Crippen LogP contribution in [0.4, 0.5) is 0 Å². The maximum absolute atomic E-state index is 12.8. The monoisotopic (exact) mass is 907 g/mol. The molecule has 0 aliphatic rings. The van der Waals surface area contributed by atoms with Gasteiger partial charge in [0.15, 0.2) is 0 Å². The van der Waals surface area contributed by atoms with E-state index in [0.29, 0.717) is 6.42 Å². The molecule has 0 bridgehead atoms. The summed E-state index contributed by atoms with van der Waals surface area (Å²) in [7, 11) is -4.36. The molecule has 9 heteroatoms. The standard InChI is InChI=1S/C54H103N2O6P/c1-3-5-7-9-11-13-15-17-19-21-23-25-26-28-30-32-34-36-38-40-42-44-46-48-54(58)56-52(51-62-63(59,60)61-50-49-55)53(57)47-45-43-41-39-37-35-33-31-29-27-24-22-20-18-16-14-12-10-8-6-4-2/h15,17,21,23,37,39,45,47,52-53,57H,3-14,16,18-20,22,24-36,38,40-44,46,48-51,55H2,1-2H3,(H,56,58)(H,59,60)/b17-15-,23-21-,39-37+,47-45+. The summed E-state index contributed by atoms with van der Waals surface area (Å²) in [6.45, 7) is 4.13. The van der Waals surface area contributed by atoms with Crippen LogP contribution in [0, 0.1) is 0 Å². The minimum absolute atomic E-state index is 0.0731. The molecule has 0 rings (SSSR count). The van der Waals surface area contributed by atoms with Crippen molar-refractivity contribution in [2.24, 2.45) is 5.73 Å². The first kappa shape index (κ1) is 61.5. The smallest absolute Gasteiger partial charge is 0.387 e. The first-order valence-electron chi connectivity index (χ1n) is 26.8. The Bertz CT molecular complexity index is 1130. The normalized spacial score (nSPS) is 14.2. The minimum Gasteiger partial charge on any atom is -0.387 e. The lowest BCUT2D eigenvalue weighted by Crippen LogP contribution is -2.45. The van der Waals surface area contributed by atoms with Crippen molar-refractivity contribution in [3.05, 3.63) is 48.6 Å². The molecule has 5 N–H and O–H groups in total. The third-order valence-electron chi connectivity index (χ3n) is 11.9. The summed E-state index contributed by atoms with van der Waals surface area (Å²) in [5.74, 6) is -0.204. The Morgan fingerprint density at radius 3 is 1.32 bits per heavy atom. The van der Waals surface area contributed by atoms with E-state index in [1.165, 1.54) is 193 Å². The molecule has 3 unspecified atom stereocenters. The SMILES string of the molecule is CCCCCCC/C=C\C/C=C\CCCCCCCCCCCCCC(=O)NC(COP(=O)(O)OCCN)C(O)/C=C/CC/C=C/CCCCCCCCCCCCCCCCC. The molecule has 0 aromatic carbocycles. The predicted molar refractivity (Wildman–Crippen MR) is 272 cm³/mol. The van der Waals surface area contributed by atoms with Crippen molar-refractivity contribution in [2.45, 2.75) is 270 Å². The number of phosphoric acid groups is 1. The third-order valence-corrected chi connectivity index (χ3v) is 12.9. The third kappa shape index (κ3) is 48.2. The van der Waals surface area contributed by atoms with E-state index in [2.05, 4.69) is 55.6 Å². The number of nitrogens with one attached hydrogen (secondary N) is 1. The molecule has 0 spiro atoms. The average molecular weight is 907 g/mol. The van der Waals surface area contributed by atoms with Crippen molar-refractivity contribution in [2.75, 3.05) is 19.8 Å². The van der Waals surface area contributed by atoms with Crippen LogP contribution in [0.2, 0.25) is 0 Å². The van der Waals surface area contributed by atoms with Gasteiger partial charge in [0.1, 0.15) is 0 Å². The molecule has 1 amide bonds. The summed E-state index contributed by atoms with van der Waals surface area (Å²) in [5.41, 5.74) is 5.40. The number of hydrogen-bond donors (Lipinski definition) is 4. The van der Waals surface area contributed by atoms with E-state index in [-0.39, 0.29) is 25.7 Å². The lowest BCUT2D eigenvalue weighted by molar-refractivity contribution is -0.123.